The van der Waals surface area contributed by atoms with Crippen molar-refractivity contribution < 1.29 is 0 Å². The van der Waals surface area contributed by atoms with Crippen LogP contribution in [0.15, 0.2) is 164 Å². The smallest absolute Gasteiger partial charge is 0.189 e. The third kappa shape index (κ3) is 4.87. The molecular weight excluding hydrogens is 655 g/mol. The van der Waals surface area contributed by atoms with Crippen LogP contribution in [0, 0.1) is 6.57 Å². The maximum atomic E-state index is 7.84. The van der Waals surface area contributed by atoms with Gasteiger partial charge in [-0.3, -0.25) is 0 Å². The van der Waals surface area contributed by atoms with Gasteiger partial charge >= 0.3 is 0 Å². The lowest BCUT2D eigenvalue weighted by Crippen LogP contribution is -2.04. The molecular formula is C46H27N5S. The van der Waals surface area contributed by atoms with Crippen molar-refractivity contribution in [3.05, 3.63) is 175 Å². The molecule has 3 heterocycles. The first kappa shape index (κ1) is 29.9. The summed E-state index contributed by atoms with van der Waals surface area (Å²) in [5.74, 6) is 1.77. The summed E-state index contributed by atoms with van der Waals surface area (Å²) >= 11 is 1.82. The fraction of sp³-hybridized carbons (Fsp3) is 0. The normalized spacial score (nSPS) is 11.4. The summed E-state index contributed by atoms with van der Waals surface area (Å²) in [6, 6.07) is 56.3. The second-order valence-corrected chi connectivity index (χ2v) is 13.8. The minimum atomic E-state index is 0.570. The first-order valence-corrected chi connectivity index (χ1v) is 17.9. The monoisotopic (exact) mass is 681 g/mol. The van der Waals surface area contributed by atoms with Crippen LogP contribution in [-0.2, 0) is 0 Å². The van der Waals surface area contributed by atoms with Crippen LogP contribution >= 0.6 is 11.3 Å². The Bertz CT molecular complexity index is 2970. The maximum absolute atomic E-state index is 7.84. The summed E-state index contributed by atoms with van der Waals surface area (Å²) in [5.41, 5.74) is 8.42. The molecule has 0 radical (unpaired) electrons. The Morgan fingerprint density at radius 2 is 1.10 bits per heavy atom. The van der Waals surface area contributed by atoms with E-state index in [1.807, 2.05) is 84.1 Å². The van der Waals surface area contributed by atoms with Gasteiger partial charge in [-0.1, -0.05) is 133 Å². The topological polar surface area (TPSA) is 48.0 Å². The fourth-order valence-electron chi connectivity index (χ4n) is 7.27. The third-order valence-electron chi connectivity index (χ3n) is 9.68. The number of para-hydroxylation sites is 1. The highest BCUT2D eigenvalue weighted by Crippen LogP contribution is 2.43. The molecule has 0 N–H and O–H groups in total. The molecule has 6 heteroatoms. The zero-order chi connectivity index (χ0) is 34.6. The first-order chi connectivity index (χ1) is 25.7. The fourth-order valence-corrected chi connectivity index (χ4v) is 8.51. The number of aromatic nitrogens is 4. The Morgan fingerprint density at radius 3 is 1.85 bits per heavy atom. The van der Waals surface area contributed by atoms with E-state index in [-0.39, 0.29) is 0 Å². The van der Waals surface area contributed by atoms with Gasteiger partial charge in [-0.15, -0.1) is 11.3 Å². The van der Waals surface area contributed by atoms with E-state index in [1.54, 1.807) is 0 Å². The number of thiophene rings is 1. The summed E-state index contributed by atoms with van der Waals surface area (Å²) in [6.07, 6.45) is 0. The molecule has 3 aromatic heterocycles. The third-order valence-corrected chi connectivity index (χ3v) is 10.9. The van der Waals surface area contributed by atoms with E-state index in [4.69, 9.17) is 21.5 Å². The highest BCUT2D eigenvalue weighted by Gasteiger charge is 2.21. The average Bonchev–Trinajstić information content (AvgIpc) is 3.76. The molecule has 7 aromatic carbocycles. The largest absolute Gasteiger partial charge is 0.310 e. The van der Waals surface area contributed by atoms with Crippen LogP contribution in [0.25, 0.3) is 97.8 Å². The highest BCUT2D eigenvalue weighted by atomic mass is 32.1. The summed E-state index contributed by atoms with van der Waals surface area (Å²) in [5, 5.41) is 4.71. The van der Waals surface area contributed by atoms with E-state index >= 15 is 0 Å². The van der Waals surface area contributed by atoms with E-state index in [1.165, 1.54) is 20.2 Å². The lowest BCUT2D eigenvalue weighted by molar-refractivity contribution is 1.06. The maximum Gasteiger partial charge on any atom is 0.189 e. The Labute approximate surface area is 303 Å². The zero-order valence-corrected chi connectivity index (χ0v) is 28.5. The SMILES string of the molecule is [C-]#[N+]c1ccc2c3ccccc3n(-c3ccc(-c4cccc5c4sc4ccccc45)cc3-c3nc(-c4ccccc4)nc(-c4ccccc4)n3)c2c1. The summed E-state index contributed by atoms with van der Waals surface area (Å²) in [7, 11) is 0. The molecule has 10 aromatic rings. The molecule has 52 heavy (non-hydrogen) atoms. The van der Waals surface area contributed by atoms with Crippen LogP contribution in [0.4, 0.5) is 5.69 Å². The van der Waals surface area contributed by atoms with Gasteiger partial charge in [0.2, 0.25) is 0 Å². The van der Waals surface area contributed by atoms with Crippen molar-refractivity contribution in [3.8, 4) is 51.0 Å². The molecule has 0 spiro atoms. The van der Waals surface area contributed by atoms with Crippen LogP contribution in [0.2, 0.25) is 0 Å². The van der Waals surface area contributed by atoms with E-state index in [9.17, 15) is 0 Å². The summed E-state index contributed by atoms with van der Waals surface area (Å²) in [6.45, 7) is 7.84. The number of nitrogens with zero attached hydrogens (tertiary/aromatic N) is 5. The van der Waals surface area contributed by atoms with Gasteiger partial charge in [-0.05, 0) is 41.5 Å². The Hall–Kier alpha value is -6.94. The van der Waals surface area contributed by atoms with Crippen LogP contribution in [-0.4, -0.2) is 19.5 Å². The molecule has 0 saturated carbocycles. The summed E-state index contributed by atoms with van der Waals surface area (Å²) in [4.78, 5) is 19.2. The number of rotatable bonds is 5. The Kier molecular flexibility index (Phi) is 6.98. The molecule has 0 atom stereocenters. The van der Waals surface area contributed by atoms with Crippen molar-refractivity contribution in [2.45, 2.75) is 0 Å². The Balaban J connectivity index is 1.31. The zero-order valence-electron chi connectivity index (χ0n) is 27.7. The van der Waals surface area contributed by atoms with Gasteiger partial charge in [-0.25, -0.2) is 19.8 Å². The van der Waals surface area contributed by atoms with Crippen molar-refractivity contribution in [1.29, 1.82) is 0 Å². The predicted molar refractivity (Wildman–Crippen MR) is 215 cm³/mol. The molecule has 5 nitrogen and oxygen atoms in total. The second kappa shape index (κ2) is 12.1. The van der Waals surface area contributed by atoms with Gasteiger partial charge in [-0.2, -0.15) is 0 Å². The molecule has 0 bridgehead atoms. The van der Waals surface area contributed by atoms with Crippen LogP contribution in [0.3, 0.4) is 0 Å². The number of fused-ring (bicyclic) bond motifs is 6. The lowest BCUT2D eigenvalue weighted by atomic mass is 9.99. The standard InChI is InChI=1S/C46H27N5S/c1-47-32-24-25-35-34-17-8-10-21-39(34)51(41(35)28-32)40-26-23-31(33-19-12-20-37-36-18-9-11-22-42(36)52-43(33)37)27-38(40)46-49-44(29-13-4-2-5-14-29)48-45(50-46)30-15-6-3-7-16-30/h2-28H. The quantitative estimate of drug-likeness (QED) is 0.170. The van der Waals surface area contributed by atoms with Crippen molar-refractivity contribution in [1.82, 2.24) is 19.5 Å². The predicted octanol–water partition coefficient (Wildman–Crippen LogP) is 12.6. The van der Waals surface area contributed by atoms with Crippen molar-refractivity contribution in [2.75, 3.05) is 0 Å². The molecule has 10 rings (SSSR count). The van der Waals surface area contributed by atoms with Crippen LogP contribution in [0.5, 0.6) is 0 Å². The molecule has 0 fully saturated rings. The minimum absolute atomic E-state index is 0.570. The second-order valence-electron chi connectivity index (χ2n) is 12.7. The highest BCUT2D eigenvalue weighted by molar-refractivity contribution is 7.26. The molecule has 0 aliphatic heterocycles. The molecule has 0 unspecified atom stereocenters. The minimum Gasteiger partial charge on any atom is -0.310 e. The first-order valence-electron chi connectivity index (χ1n) is 17.1. The molecule has 0 amide bonds. The molecule has 242 valence electrons. The van der Waals surface area contributed by atoms with Crippen LogP contribution in [0.1, 0.15) is 0 Å². The number of hydrogen-bond acceptors (Lipinski definition) is 4. The van der Waals surface area contributed by atoms with E-state index in [0.29, 0.717) is 23.2 Å². The van der Waals surface area contributed by atoms with Crippen molar-refractivity contribution >= 4 is 59.0 Å². The molecule has 0 aliphatic carbocycles. The van der Waals surface area contributed by atoms with E-state index < -0.39 is 0 Å². The van der Waals surface area contributed by atoms with Crippen LogP contribution < -0.4 is 0 Å². The number of benzene rings is 7. The van der Waals surface area contributed by atoms with Gasteiger partial charge in [0.15, 0.2) is 23.2 Å². The molecule has 0 saturated heterocycles. The van der Waals surface area contributed by atoms with Gasteiger partial charge in [0.05, 0.1) is 17.8 Å². The Morgan fingerprint density at radius 1 is 0.462 bits per heavy atom. The molecule has 0 aliphatic rings. The van der Waals surface area contributed by atoms with Crippen molar-refractivity contribution in [3.63, 3.8) is 0 Å². The summed E-state index contributed by atoms with van der Waals surface area (Å²) < 4.78 is 4.76. The van der Waals surface area contributed by atoms with Gasteiger partial charge in [0.25, 0.3) is 0 Å². The van der Waals surface area contributed by atoms with E-state index in [0.717, 1.165) is 55.3 Å². The van der Waals surface area contributed by atoms with Gasteiger partial charge in [0.1, 0.15) is 0 Å². The lowest BCUT2D eigenvalue weighted by Gasteiger charge is -2.16. The number of hydrogen-bond donors (Lipinski definition) is 0. The average molecular weight is 682 g/mol. The van der Waals surface area contributed by atoms with E-state index in [2.05, 4.69) is 100 Å². The van der Waals surface area contributed by atoms with Gasteiger partial charge in [0, 0.05) is 53.2 Å². The van der Waals surface area contributed by atoms with Crippen molar-refractivity contribution in [2.24, 2.45) is 0 Å². The van der Waals surface area contributed by atoms with Gasteiger partial charge < -0.3 is 4.57 Å².